The first-order chi connectivity index (χ1) is 20.8. The number of ketones is 1. The van der Waals surface area contributed by atoms with Gasteiger partial charge in [-0.25, -0.2) is 4.99 Å². The van der Waals surface area contributed by atoms with E-state index in [1.54, 1.807) is 19.1 Å². The lowest BCUT2D eigenvalue weighted by Gasteiger charge is -2.45. The molecule has 1 fully saturated rings. The van der Waals surface area contributed by atoms with Crippen LogP contribution < -0.4 is 4.90 Å². The Morgan fingerprint density at radius 3 is 2.00 bits per heavy atom. The van der Waals surface area contributed by atoms with Crippen molar-refractivity contribution < 1.29 is 14.3 Å². The normalized spacial score (nSPS) is 20.5. The zero-order valence-electron chi connectivity index (χ0n) is 24.9. The van der Waals surface area contributed by atoms with Gasteiger partial charge in [0, 0.05) is 33.5 Å². The fraction of sp³-hybridized carbons (Fsp3) is 0.184. The number of benzene rings is 4. The highest BCUT2D eigenvalue weighted by molar-refractivity contribution is 6.21. The molecule has 6 rings (SSSR count). The fourth-order valence-corrected chi connectivity index (χ4v) is 6.04. The van der Waals surface area contributed by atoms with E-state index >= 15 is 0 Å². The molecular weight excluding hydrogens is 532 g/mol. The number of hydrogen-bond donors (Lipinski definition) is 0. The van der Waals surface area contributed by atoms with E-state index < -0.39 is 5.54 Å². The second kappa shape index (κ2) is 11.3. The van der Waals surface area contributed by atoms with Gasteiger partial charge in [-0.1, -0.05) is 96.1 Å². The third-order valence-corrected chi connectivity index (χ3v) is 8.52. The summed E-state index contributed by atoms with van der Waals surface area (Å²) in [5, 5.41) is 0. The molecule has 5 heteroatoms. The minimum absolute atomic E-state index is 0.141. The molecule has 0 aromatic heterocycles. The van der Waals surface area contributed by atoms with Gasteiger partial charge in [0.1, 0.15) is 11.3 Å². The Hall–Kier alpha value is -5.03. The lowest BCUT2D eigenvalue weighted by Crippen LogP contribution is -2.60. The Bertz CT molecular complexity index is 1780. The van der Waals surface area contributed by atoms with E-state index in [4.69, 9.17) is 9.73 Å². The van der Waals surface area contributed by atoms with Crippen LogP contribution in [0.15, 0.2) is 131 Å². The average Bonchev–Trinajstić information content (AvgIpc) is 3.30. The second-order valence-corrected chi connectivity index (χ2v) is 11.3. The van der Waals surface area contributed by atoms with Gasteiger partial charge < -0.3 is 4.74 Å². The van der Waals surface area contributed by atoms with Crippen LogP contribution in [-0.4, -0.2) is 23.1 Å². The fourth-order valence-electron chi connectivity index (χ4n) is 6.04. The Balaban J connectivity index is 1.57. The molecule has 0 radical (unpaired) electrons. The van der Waals surface area contributed by atoms with Crippen molar-refractivity contribution in [3.05, 3.63) is 148 Å². The molecule has 4 aromatic rings. The van der Waals surface area contributed by atoms with E-state index in [0.29, 0.717) is 41.2 Å². The van der Waals surface area contributed by atoms with Crippen molar-refractivity contribution in [2.45, 2.75) is 46.1 Å². The first kappa shape index (κ1) is 28.1. The quantitative estimate of drug-likeness (QED) is 0.180. The maximum absolute atomic E-state index is 14.8. The van der Waals surface area contributed by atoms with E-state index in [2.05, 4.69) is 0 Å². The van der Waals surface area contributed by atoms with Crippen molar-refractivity contribution in [3.8, 4) is 0 Å². The molecule has 2 heterocycles. The molecule has 2 aliphatic rings. The molecule has 1 spiro atoms. The third-order valence-electron chi connectivity index (χ3n) is 8.52. The van der Waals surface area contributed by atoms with Crippen LogP contribution in [0.2, 0.25) is 0 Å². The number of nitrogens with zero attached hydrogens (tertiary/aromatic N) is 2. The molecule has 0 unspecified atom stereocenters. The number of aliphatic imine (C=N–C) groups is 1. The van der Waals surface area contributed by atoms with E-state index in [1.165, 1.54) is 0 Å². The summed E-state index contributed by atoms with van der Waals surface area (Å²) in [6, 6.07) is 35.0. The van der Waals surface area contributed by atoms with E-state index in [9.17, 15) is 9.59 Å². The summed E-state index contributed by atoms with van der Waals surface area (Å²) in [6.07, 6.45) is 0.912. The number of ether oxygens (including phenoxy) is 1. The minimum atomic E-state index is -0.984. The molecule has 0 aliphatic carbocycles. The predicted molar refractivity (Wildman–Crippen MR) is 172 cm³/mol. The number of piperidine rings is 1. The van der Waals surface area contributed by atoms with Crippen LogP contribution in [0.4, 0.5) is 11.4 Å². The van der Waals surface area contributed by atoms with Crippen LogP contribution in [0.3, 0.4) is 0 Å². The number of allylic oxidation sites excluding steroid dienone is 1. The molecule has 2 aliphatic heterocycles. The van der Waals surface area contributed by atoms with Gasteiger partial charge in [-0.15, -0.1) is 0 Å². The molecule has 1 saturated heterocycles. The van der Waals surface area contributed by atoms with Crippen LogP contribution in [0.25, 0.3) is 5.76 Å². The van der Waals surface area contributed by atoms with E-state index in [-0.39, 0.29) is 11.7 Å². The highest BCUT2D eigenvalue weighted by atomic mass is 16.5. The number of amides is 1. The van der Waals surface area contributed by atoms with Crippen LogP contribution in [0.5, 0.6) is 0 Å². The summed E-state index contributed by atoms with van der Waals surface area (Å²) in [6.45, 7) is 7.85. The van der Waals surface area contributed by atoms with Crippen molar-refractivity contribution in [1.29, 1.82) is 0 Å². The predicted octanol–water partition coefficient (Wildman–Crippen LogP) is 8.56. The van der Waals surface area contributed by atoms with Crippen molar-refractivity contribution in [1.82, 2.24) is 0 Å². The SMILES string of the molecule is CC1=C(c2ccccc2)OC(=Nc2ccc(C)cc2)[C@@]12CC/C(=C(\C)C(=O)c1ccccc1)C(=O)N2c1ccc(C)cc1. The second-order valence-electron chi connectivity index (χ2n) is 11.3. The summed E-state index contributed by atoms with van der Waals surface area (Å²) in [5.74, 6) is 0.788. The van der Waals surface area contributed by atoms with Gasteiger partial charge in [-0.3, -0.25) is 14.5 Å². The largest absolute Gasteiger partial charge is 0.439 e. The highest BCUT2D eigenvalue weighted by Crippen LogP contribution is 2.50. The number of carbonyl (C=O) groups is 2. The Morgan fingerprint density at radius 2 is 1.37 bits per heavy atom. The summed E-state index contributed by atoms with van der Waals surface area (Å²) in [4.78, 5) is 35.2. The Kier molecular flexibility index (Phi) is 7.41. The number of anilines is 1. The first-order valence-corrected chi connectivity index (χ1v) is 14.6. The molecule has 0 saturated carbocycles. The lowest BCUT2D eigenvalue weighted by atomic mass is 9.77. The number of Topliss-reactive ketones (excluding diaryl/α,β-unsaturated/α-hetero) is 1. The molecule has 1 atom stereocenters. The molecule has 43 heavy (non-hydrogen) atoms. The zero-order valence-corrected chi connectivity index (χ0v) is 24.9. The molecule has 0 N–H and O–H groups in total. The van der Waals surface area contributed by atoms with Gasteiger partial charge in [0.15, 0.2) is 5.78 Å². The number of carbonyl (C=O) groups excluding carboxylic acids is 2. The first-order valence-electron chi connectivity index (χ1n) is 14.6. The maximum atomic E-state index is 14.8. The Morgan fingerprint density at radius 1 is 0.791 bits per heavy atom. The van der Waals surface area contributed by atoms with Gasteiger partial charge in [-0.05, 0) is 64.8 Å². The topological polar surface area (TPSA) is 59.0 Å². The smallest absolute Gasteiger partial charge is 0.255 e. The molecule has 0 bridgehead atoms. The van der Waals surface area contributed by atoms with E-state index in [0.717, 1.165) is 33.6 Å². The number of hydrogen-bond acceptors (Lipinski definition) is 4. The molecule has 4 aromatic carbocycles. The van der Waals surface area contributed by atoms with Gasteiger partial charge >= 0.3 is 0 Å². The number of aryl methyl sites for hydroxylation is 2. The van der Waals surface area contributed by atoms with E-state index in [1.807, 2.05) is 123 Å². The minimum Gasteiger partial charge on any atom is -0.439 e. The highest BCUT2D eigenvalue weighted by Gasteiger charge is 2.57. The average molecular weight is 567 g/mol. The molecular formula is C38H34N2O3. The third kappa shape index (κ3) is 5.01. The standard InChI is InChI=1S/C38H34N2O3/c1-25-15-19-31(20-16-25)39-37-38(28(4)35(43-37)30-13-9-6-10-14-30)24-23-33(27(3)34(41)29-11-7-5-8-12-29)36(42)40(38)32-21-17-26(2)18-22-32/h5-22H,23-24H2,1-4H3/b33-27-,39-37?/t38-/m1/s1. The summed E-state index contributed by atoms with van der Waals surface area (Å²) in [5.41, 5.74) is 6.06. The van der Waals surface area contributed by atoms with Gasteiger partial charge in [0.25, 0.3) is 5.91 Å². The number of rotatable bonds is 5. The zero-order chi connectivity index (χ0) is 30.1. The van der Waals surface area contributed by atoms with Crippen LogP contribution in [0, 0.1) is 13.8 Å². The molecule has 1 amide bonds. The van der Waals surface area contributed by atoms with Gasteiger partial charge in [0.05, 0.1) is 5.69 Å². The van der Waals surface area contributed by atoms with Crippen molar-refractivity contribution >= 4 is 34.7 Å². The van der Waals surface area contributed by atoms with Gasteiger partial charge in [-0.2, -0.15) is 0 Å². The molecule has 5 nitrogen and oxygen atoms in total. The van der Waals surface area contributed by atoms with Crippen LogP contribution in [-0.2, 0) is 9.53 Å². The Labute approximate surface area is 252 Å². The lowest BCUT2D eigenvalue weighted by molar-refractivity contribution is -0.116. The van der Waals surface area contributed by atoms with Crippen molar-refractivity contribution in [2.75, 3.05) is 4.90 Å². The summed E-state index contributed by atoms with van der Waals surface area (Å²) in [7, 11) is 0. The van der Waals surface area contributed by atoms with Crippen LogP contribution >= 0.6 is 0 Å². The summed E-state index contributed by atoms with van der Waals surface area (Å²) < 4.78 is 6.68. The van der Waals surface area contributed by atoms with Crippen LogP contribution in [0.1, 0.15) is 53.7 Å². The van der Waals surface area contributed by atoms with Gasteiger partial charge in [0.2, 0.25) is 5.90 Å². The van der Waals surface area contributed by atoms with Crippen molar-refractivity contribution in [2.24, 2.45) is 4.99 Å². The summed E-state index contributed by atoms with van der Waals surface area (Å²) >= 11 is 0. The molecule has 214 valence electrons. The monoisotopic (exact) mass is 566 g/mol. The van der Waals surface area contributed by atoms with Crippen molar-refractivity contribution in [3.63, 3.8) is 0 Å². The maximum Gasteiger partial charge on any atom is 0.255 e.